The standard InChI is InChI=1S/C18H18FN3O5/c1-25-14-9-16(27-3)15(26-2)8-11(14)10-20-22-18(24)17(23)21-13-6-4-12(19)5-7-13/h4-10H,1-3H3,(H,21,23)(H,22,24)/b20-10+. The van der Waals surface area contributed by atoms with Crippen LogP contribution >= 0.6 is 0 Å². The van der Waals surface area contributed by atoms with Crippen LogP contribution in [0.1, 0.15) is 5.56 Å². The van der Waals surface area contributed by atoms with Crippen molar-refractivity contribution in [1.29, 1.82) is 0 Å². The van der Waals surface area contributed by atoms with Crippen LogP contribution in [0.5, 0.6) is 17.2 Å². The van der Waals surface area contributed by atoms with Crippen LogP contribution < -0.4 is 25.0 Å². The van der Waals surface area contributed by atoms with Crippen molar-refractivity contribution >= 4 is 23.7 Å². The minimum Gasteiger partial charge on any atom is -0.496 e. The first kappa shape index (κ1) is 19.7. The third kappa shape index (κ3) is 5.18. The summed E-state index contributed by atoms with van der Waals surface area (Å²) in [6.07, 6.45) is 1.30. The minimum atomic E-state index is -0.991. The Labute approximate surface area is 154 Å². The Hall–Kier alpha value is -3.62. The van der Waals surface area contributed by atoms with E-state index in [9.17, 15) is 14.0 Å². The summed E-state index contributed by atoms with van der Waals surface area (Å²) in [7, 11) is 4.44. The van der Waals surface area contributed by atoms with Crippen LogP contribution in [-0.4, -0.2) is 39.4 Å². The van der Waals surface area contributed by atoms with Crippen molar-refractivity contribution in [3.8, 4) is 17.2 Å². The SMILES string of the molecule is COc1cc(OC)c(OC)cc1/C=N/NC(=O)C(=O)Nc1ccc(F)cc1. The third-order valence-corrected chi connectivity index (χ3v) is 3.41. The van der Waals surface area contributed by atoms with E-state index in [-0.39, 0.29) is 5.69 Å². The van der Waals surface area contributed by atoms with Crippen molar-refractivity contribution in [1.82, 2.24) is 5.43 Å². The second-order valence-electron chi connectivity index (χ2n) is 5.11. The lowest BCUT2D eigenvalue weighted by atomic mass is 10.2. The molecule has 0 saturated heterocycles. The van der Waals surface area contributed by atoms with Gasteiger partial charge in [0.05, 0.1) is 27.5 Å². The van der Waals surface area contributed by atoms with Gasteiger partial charge in [-0.15, -0.1) is 0 Å². The molecule has 0 bridgehead atoms. The Morgan fingerprint density at radius 1 is 0.926 bits per heavy atom. The Morgan fingerprint density at radius 2 is 1.52 bits per heavy atom. The van der Waals surface area contributed by atoms with Crippen LogP contribution in [0.4, 0.5) is 10.1 Å². The molecule has 0 atom stereocenters. The molecule has 8 nitrogen and oxygen atoms in total. The first-order valence-electron chi connectivity index (χ1n) is 7.68. The molecule has 2 aromatic carbocycles. The molecule has 27 heavy (non-hydrogen) atoms. The predicted octanol–water partition coefficient (Wildman–Crippen LogP) is 1.94. The Morgan fingerprint density at radius 3 is 2.11 bits per heavy atom. The molecule has 0 fully saturated rings. The maximum Gasteiger partial charge on any atom is 0.329 e. The van der Waals surface area contributed by atoms with E-state index in [0.717, 1.165) is 12.1 Å². The molecular formula is C18H18FN3O5. The van der Waals surface area contributed by atoms with Gasteiger partial charge in [-0.1, -0.05) is 0 Å². The third-order valence-electron chi connectivity index (χ3n) is 3.41. The molecule has 9 heteroatoms. The van der Waals surface area contributed by atoms with Gasteiger partial charge in [-0.3, -0.25) is 9.59 Å². The summed E-state index contributed by atoms with van der Waals surface area (Å²) < 4.78 is 28.4. The van der Waals surface area contributed by atoms with E-state index < -0.39 is 17.6 Å². The van der Waals surface area contributed by atoms with E-state index in [1.54, 1.807) is 12.1 Å². The normalized spacial score (nSPS) is 10.4. The number of amides is 2. The van der Waals surface area contributed by atoms with Gasteiger partial charge in [0.2, 0.25) is 0 Å². The summed E-state index contributed by atoms with van der Waals surface area (Å²) in [5.74, 6) is -1.05. The van der Waals surface area contributed by atoms with Crippen molar-refractivity contribution in [2.24, 2.45) is 5.10 Å². The largest absolute Gasteiger partial charge is 0.496 e. The number of anilines is 1. The van der Waals surface area contributed by atoms with Gasteiger partial charge in [-0.25, -0.2) is 9.82 Å². The number of hydrazone groups is 1. The zero-order valence-electron chi connectivity index (χ0n) is 14.9. The number of methoxy groups -OCH3 is 3. The van der Waals surface area contributed by atoms with E-state index in [0.29, 0.717) is 22.8 Å². The number of benzene rings is 2. The summed E-state index contributed by atoms with van der Waals surface area (Å²) in [5.41, 5.74) is 2.87. The monoisotopic (exact) mass is 375 g/mol. The number of rotatable bonds is 6. The first-order chi connectivity index (χ1) is 13.0. The fraction of sp³-hybridized carbons (Fsp3) is 0.167. The van der Waals surface area contributed by atoms with Gasteiger partial charge < -0.3 is 19.5 Å². The van der Waals surface area contributed by atoms with Crippen LogP contribution in [0.15, 0.2) is 41.5 Å². The molecule has 2 amide bonds. The van der Waals surface area contributed by atoms with Crippen LogP contribution in [-0.2, 0) is 9.59 Å². The summed E-state index contributed by atoms with van der Waals surface area (Å²) in [4.78, 5) is 23.6. The van der Waals surface area contributed by atoms with Crippen LogP contribution in [0, 0.1) is 5.82 Å². The zero-order chi connectivity index (χ0) is 19.8. The lowest BCUT2D eigenvalue weighted by molar-refractivity contribution is -0.136. The van der Waals surface area contributed by atoms with Crippen molar-refractivity contribution in [2.45, 2.75) is 0 Å². The number of ether oxygens (including phenoxy) is 3. The first-order valence-corrected chi connectivity index (χ1v) is 7.68. The Kier molecular flexibility index (Phi) is 6.70. The second kappa shape index (κ2) is 9.18. The number of hydrogen-bond donors (Lipinski definition) is 2. The fourth-order valence-corrected chi connectivity index (χ4v) is 2.09. The molecule has 0 aliphatic heterocycles. The molecular weight excluding hydrogens is 357 g/mol. The molecule has 0 aliphatic rings. The quantitative estimate of drug-likeness (QED) is 0.457. The smallest absolute Gasteiger partial charge is 0.329 e. The Balaban J connectivity index is 2.04. The zero-order valence-corrected chi connectivity index (χ0v) is 14.9. The summed E-state index contributed by atoms with van der Waals surface area (Å²) >= 11 is 0. The lowest BCUT2D eigenvalue weighted by Crippen LogP contribution is -2.32. The van der Waals surface area contributed by atoms with Gasteiger partial charge in [-0.2, -0.15) is 5.10 Å². The van der Waals surface area contributed by atoms with Gasteiger partial charge in [-0.05, 0) is 30.3 Å². The Bertz CT molecular complexity index is 853. The lowest BCUT2D eigenvalue weighted by Gasteiger charge is -2.11. The van der Waals surface area contributed by atoms with E-state index in [1.165, 1.54) is 39.7 Å². The highest BCUT2D eigenvalue weighted by molar-refractivity contribution is 6.39. The van der Waals surface area contributed by atoms with Crippen LogP contribution in [0.2, 0.25) is 0 Å². The summed E-state index contributed by atoms with van der Waals surface area (Å²) in [5, 5.41) is 6.06. The maximum absolute atomic E-state index is 12.8. The van der Waals surface area contributed by atoms with E-state index in [1.807, 2.05) is 0 Å². The van der Waals surface area contributed by atoms with Gasteiger partial charge in [0.25, 0.3) is 0 Å². The molecule has 0 aromatic heterocycles. The van der Waals surface area contributed by atoms with E-state index in [2.05, 4.69) is 15.8 Å². The fourth-order valence-electron chi connectivity index (χ4n) is 2.09. The molecule has 2 aromatic rings. The van der Waals surface area contributed by atoms with Crippen molar-refractivity contribution in [3.05, 3.63) is 47.8 Å². The summed E-state index contributed by atoms with van der Waals surface area (Å²) in [6, 6.07) is 8.19. The number of halogens is 1. The van der Waals surface area contributed by atoms with Crippen molar-refractivity contribution in [2.75, 3.05) is 26.6 Å². The van der Waals surface area contributed by atoms with Crippen molar-refractivity contribution < 1.29 is 28.2 Å². The number of nitrogens with one attached hydrogen (secondary N) is 2. The predicted molar refractivity (Wildman–Crippen MR) is 96.9 cm³/mol. The van der Waals surface area contributed by atoms with Crippen LogP contribution in [0.3, 0.4) is 0 Å². The number of nitrogens with zero attached hydrogens (tertiary/aromatic N) is 1. The highest BCUT2D eigenvalue weighted by Gasteiger charge is 2.14. The second-order valence-corrected chi connectivity index (χ2v) is 5.11. The molecule has 0 radical (unpaired) electrons. The topological polar surface area (TPSA) is 98.2 Å². The van der Waals surface area contributed by atoms with E-state index >= 15 is 0 Å². The molecule has 0 unspecified atom stereocenters. The molecule has 2 rings (SSSR count). The highest BCUT2D eigenvalue weighted by atomic mass is 19.1. The van der Waals surface area contributed by atoms with Gasteiger partial charge in [0, 0.05) is 17.3 Å². The van der Waals surface area contributed by atoms with Crippen molar-refractivity contribution in [3.63, 3.8) is 0 Å². The van der Waals surface area contributed by atoms with Gasteiger partial charge in [0.15, 0.2) is 11.5 Å². The molecule has 0 aliphatic carbocycles. The van der Waals surface area contributed by atoms with Crippen LogP contribution in [0.25, 0.3) is 0 Å². The van der Waals surface area contributed by atoms with Gasteiger partial charge >= 0.3 is 11.8 Å². The average Bonchev–Trinajstić information content (AvgIpc) is 2.68. The number of carbonyl (C=O) groups excluding carboxylic acids is 2. The molecule has 2 N–H and O–H groups in total. The number of carbonyl (C=O) groups is 2. The van der Waals surface area contributed by atoms with E-state index in [4.69, 9.17) is 14.2 Å². The highest BCUT2D eigenvalue weighted by Crippen LogP contribution is 2.33. The molecule has 142 valence electrons. The summed E-state index contributed by atoms with van der Waals surface area (Å²) in [6.45, 7) is 0. The minimum absolute atomic E-state index is 0.280. The number of hydrogen-bond acceptors (Lipinski definition) is 6. The molecule has 0 heterocycles. The molecule has 0 spiro atoms. The maximum atomic E-state index is 12.8. The average molecular weight is 375 g/mol. The molecule has 0 saturated carbocycles. The van der Waals surface area contributed by atoms with Gasteiger partial charge in [0.1, 0.15) is 11.6 Å².